The molecule has 0 radical (unpaired) electrons. The minimum absolute atomic E-state index is 0.130. The maximum atomic E-state index is 8.54. The van der Waals surface area contributed by atoms with Crippen LogP contribution in [0.4, 0.5) is 0 Å². The Bertz CT molecular complexity index is 698. The van der Waals surface area contributed by atoms with Gasteiger partial charge in [-0.3, -0.25) is 0 Å². The average Bonchev–Trinajstić information content (AvgIpc) is 3.03. The minimum atomic E-state index is -0.130. The Hall–Kier alpha value is -2.48. The van der Waals surface area contributed by atoms with E-state index in [-0.39, 0.29) is 11.7 Å². The number of amidine groups is 1. The van der Waals surface area contributed by atoms with Crippen LogP contribution in [0.5, 0.6) is 0 Å². The minimum Gasteiger partial charge on any atom is -0.409 e. The maximum absolute atomic E-state index is 8.54. The van der Waals surface area contributed by atoms with Crippen LogP contribution in [0, 0.1) is 0 Å². The van der Waals surface area contributed by atoms with Crippen LogP contribution in [-0.4, -0.2) is 30.8 Å². The number of hydrogen-bond donors (Lipinski definition) is 2. The van der Waals surface area contributed by atoms with Crippen LogP contribution < -0.4 is 5.73 Å². The zero-order chi connectivity index (χ0) is 12.5. The first-order valence-corrected chi connectivity index (χ1v) is 5.85. The van der Waals surface area contributed by atoms with Gasteiger partial charge >= 0.3 is 0 Å². The SMILES string of the molecule is NC(=NO)c1ncn(-c2nc3ccccc3s2)n1. The predicted molar refractivity (Wildman–Crippen MR) is 67.0 cm³/mol. The number of fused-ring (bicyclic) bond motifs is 1. The van der Waals surface area contributed by atoms with E-state index >= 15 is 0 Å². The van der Waals surface area contributed by atoms with E-state index in [1.54, 1.807) is 0 Å². The van der Waals surface area contributed by atoms with E-state index in [1.807, 2.05) is 24.3 Å². The third-order valence-electron chi connectivity index (χ3n) is 2.31. The van der Waals surface area contributed by atoms with Gasteiger partial charge in [-0.05, 0) is 12.1 Å². The molecule has 1 aromatic carbocycles. The third-order valence-corrected chi connectivity index (χ3v) is 3.33. The van der Waals surface area contributed by atoms with Crippen LogP contribution in [0.3, 0.4) is 0 Å². The van der Waals surface area contributed by atoms with Crippen molar-refractivity contribution in [3.05, 3.63) is 36.4 Å². The first kappa shape index (κ1) is 10.7. The molecule has 0 saturated heterocycles. The van der Waals surface area contributed by atoms with Crippen LogP contribution in [0.1, 0.15) is 5.82 Å². The van der Waals surface area contributed by atoms with Crippen LogP contribution in [0.2, 0.25) is 0 Å². The summed E-state index contributed by atoms with van der Waals surface area (Å²) >= 11 is 1.49. The Balaban J connectivity index is 2.06. The molecule has 8 heteroatoms. The van der Waals surface area contributed by atoms with Crippen molar-refractivity contribution in [2.75, 3.05) is 0 Å². The Morgan fingerprint density at radius 2 is 2.22 bits per heavy atom. The second-order valence-electron chi connectivity index (χ2n) is 3.46. The van der Waals surface area contributed by atoms with Crippen LogP contribution in [0.25, 0.3) is 15.3 Å². The summed E-state index contributed by atoms with van der Waals surface area (Å²) < 4.78 is 2.56. The molecule has 0 aliphatic carbocycles. The summed E-state index contributed by atoms with van der Waals surface area (Å²) in [7, 11) is 0. The van der Waals surface area contributed by atoms with Gasteiger partial charge in [-0.15, -0.1) is 5.10 Å². The van der Waals surface area contributed by atoms with E-state index in [1.165, 1.54) is 22.3 Å². The summed E-state index contributed by atoms with van der Waals surface area (Å²) in [5, 5.41) is 16.2. The smallest absolute Gasteiger partial charge is 0.220 e. The van der Waals surface area contributed by atoms with Gasteiger partial charge in [0.05, 0.1) is 10.2 Å². The van der Waals surface area contributed by atoms with Crippen molar-refractivity contribution < 1.29 is 5.21 Å². The van der Waals surface area contributed by atoms with E-state index < -0.39 is 0 Å². The highest BCUT2D eigenvalue weighted by molar-refractivity contribution is 7.20. The van der Waals surface area contributed by atoms with Crippen LogP contribution in [-0.2, 0) is 0 Å². The highest BCUT2D eigenvalue weighted by atomic mass is 32.1. The lowest BCUT2D eigenvalue weighted by molar-refractivity contribution is 0.318. The van der Waals surface area contributed by atoms with E-state index in [2.05, 4.69) is 20.2 Å². The molecular weight excluding hydrogens is 252 g/mol. The Kier molecular flexibility index (Phi) is 2.41. The molecule has 0 amide bonds. The standard InChI is InChI=1S/C10H8N6OS/c11-8(15-17)9-12-5-16(14-9)10-13-6-3-1-2-4-7(6)18-10/h1-5,17H,(H2,11,15). The molecule has 0 aliphatic rings. The monoisotopic (exact) mass is 260 g/mol. The number of oxime groups is 1. The molecule has 0 unspecified atom stereocenters. The Labute approximate surface area is 105 Å². The number of hydrogen-bond acceptors (Lipinski definition) is 6. The van der Waals surface area contributed by atoms with Crippen LogP contribution in [0.15, 0.2) is 35.7 Å². The molecule has 0 aliphatic heterocycles. The molecule has 2 aromatic heterocycles. The van der Waals surface area contributed by atoms with Crippen molar-refractivity contribution in [3.63, 3.8) is 0 Å². The van der Waals surface area contributed by atoms with Crippen LogP contribution >= 0.6 is 11.3 Å². The average molecular weight is 260 g/mol. The molecule has 2 heterocycles. The van der Waals surface area contributed by atoms with Gasteiger partial charge in [0.1, 0.15) is 6.33 Å². The predicted octanol–water partition coefficient (Wildman–Crippen LogP) is 0.971. The molecule has 0 spiro atoms. The molecule has 0 atom stereocenters. The van der Waals surface area contributed by atoms with E-state index in [0.717, 1.165) is 10.2 Å². The van der Waals surface area contributed by atoms with Gasteiger partial charge in [0.2, 0.25) is 16.8 Å². The second-order valence-corrected chi connectivity index (χ2v) is 4.47. The summed E-state index contributed by atoms with van der Waals surface area (Å²) in [6.07, 6.45) is 1.48. The van der Waals surface area contributed by atoms with Crippen molar-refractivity contribution in [2.24, 2.45) is 10.9 Å². The van der Waals surface area contributed by atoms with Crippen molar-refractivity contribution in [2.45, 2.75) is 0 Å². The topological polar surface area (TPSA) is 102 Å². The van der Waals surface area contributed by atoms with Crippen molar-refractivity contribution in [1.82, 2.24) is 19.7 Å². The maximum Gasteiger partial charge on any atom is 0.220 e. The van der Waals surface area contributed by atoms with Gasteiger partial charge in [0.25, 0.3) is 0 Å². The Morgan fingerprint density at radius 3 is 3.00 bits per heavy atom. The van der Waals surface area contributed by atoms with Crippen molar-refractivity contribution in [1.29, 1.82) is 0 Å². The van der Waals surface area contributed by atoms with E-state index in [0.29, 0.717) is 5.13 Å². The Morgan fingerprint density at radius 1 is 1.39 bits per heavy atom. The van der Waals surface area contributed by atoms with Gasteiger partial charge in [0, 0.05) is 0 Å². The van der Waals surface area contributed by atoms with Gasteiger partial charge in [-0.1, -0.05) is 28.6 Å². The number of rotatable bonds is 2. The molecule has 7 nitrogen and oxygen atoms in total. The van der Waals surface area contributed by atoms with Crippen molar-refractivity contribution in [3.8, 4) is 5.13 Å². The first-order chi connectivity index (χ1) is 8.78. The number of para-hydroxylation sites is 1. The quantitative estimate of drug-likeness (QED) is 0.309. The number of thiazole rings is 1. The highest BCUT2D eigenvalue weighted by Crippen LogP contribution is 2.23. The summed E-state index contributed by atoms with van der Waals surface area (Å²) in [4.78, 5) is 8.35. The fourth-order valence-corrected chi connectivity index (χ4v) is 2.36. The number of aromatic nitrogens is 4. The molecule has 3 rings (SSSR count). The summed E-state index contributed by atoms with van der Waals surface area (Å²) in [5.41, 5.74) is 6.31. The molecule has 3 aromatic rings. The lowest BCUT2D eigenvalue weighted by Crippen LogP contribution is -2.15. The normalized spacial score (nSPS) is 12.1. The molecule has 90 valence electrons. The molecule has 0 bridgehead atoms. The number of benzene rings is 1. The fraction of sp³-hybridized carbons (Fsp3) is 0. The molecule has 0 saturated carbocycles. The zero-order valence-corrected chi connectivity index (χ0v) is 9.87. The summed E-state index contributed by atoms with van der Waals surface area (Å²) in [5.74, 6) is 0.0339. The lowest BCUT2D eigenvalue weighted by atomic mass is 10.3. The van der Waals surface area contributed by atoms with Gasteiger partial charge in [-0.25, -0.2) is 9.97 Å². The number of nitrogens with zero attached hydrogens (tertiary/aromatic N) is 5. The summed E-state index contributed by atoms with van der Waals surface area (Å²) in [6.45, 7) is 0. The van der Waals surface area contributed by atoms with Gasteiger partial charge < -0.3 is 10.9 Å². The lowest BCUT2D eigenvalue weighted by Gasteiger charge is -1.91. The molecule has 3 N–H and O–H groups in total. The number of nitrogens with two attached hydrogens (primary N) is 1. The second kappa shape index (κ2) is 4.08. The highest BCUT2D eigenvalue weighted by Gasteiger charge is 2.10. The van der Waals surface area contributed by atoms with Crippen molar-refractivity contribution >= 4 is 27.4 Å². The molecule has 0 fully saturated rings. The van der Waals surface area contributed by atoms with Gasteiger partial charge in [-0.2, -0.15) is 4.68 Å². The molecular formula is C10H8N6OS. The first-order valence-electron chi connectivity index (χ1n) is 5.03. The largest absolute Gasteiger partial charge is 0.409 e. The van der Waals surface area contributed by atoms with Gasteiger partial charge in [0.15, 0.2) is 0 Å². The zero-order valence-electron chi connectivity index (χ0n) is 9.06. The van der Waals surface area contributed by atoms with E-state index in [9.17, 15) is 0 Å². The van der Waals surface area contributed by atoms with E-state index in [4.69, 9.17) is 10.9 Å². The summed E-state index contributed by atoms with van der Waals surface area (Å²) in [6, 6.07) is 7.79. The molecule has 18 heavy (non-hydrogen) atoms. The third kappa shape index (κ3) is 1.68. The fourth-order valence-electron chi connectivity index (χ4n) is 1.48.